The van der Waals surface area contributed by atoms with Crippen LogP contribution in [0.4, 0.5) is 10.1 Å². The molecule has 1 nitrogen and oxygen atoms in total. The van der Waals surface area contributed by atoms with Gasteiger partial charge in [-0.15, -0.1) is 0 Å². The van der Waals surface area contributed by atoms with Gasteiger partial charge in [0, 0.05) is 6.54 Å². The third-order valence-electron chi connectivity index (χ3n) is 3.23. The molecule has 0 heterocycles. The number of hydrogen-bond donors (Lipinski definition) is 1. The molecular weight excluding hydrogens is 261 g/mol. The molecule has 100 valence electrons. The molecule has 0 saturated carbocycles. The van der Waals surface area contributed by atoms with Crippen molar-refractivity contribution in [3.05, 3.63) is 63.4 Å². The molecular formula is C16H17ClFN. The van der Waals surface area contributed by atoms with Crippen LogP contribution in [0.3, 0.4) is 0 Å². The van der Waals surface area contributed by atoms with Crippen LogP contribution in [0.15, 0.2) is 30.3 Å². The summed E-state index contributed by atoms with van der Waals surface area (Å²) in [5.41, 5.74) is 5.78. The molecule has 0 bridgehead atoms. The summed E-state index contributed by atoms with van der Waals surface area (Å²) in [4.78, 5) is 0. The molecule has 0 fully saturated rings. The fourth-order valence-electron chi connectivity index (χ4n) is 2.31. The van der Waals surface area contributed by atoms with Crippen molar-refractivity contribution in [2.45, 2.75) is 27.3 Å². The van der Waals surface area contributed by atoms with Crippen LogP contribution in [0.2, 0.25) is 5.02 Å². The zero-order chi connectivity index (χ0) is 14.0. The standard InChI is InChI=1S/C16H17ClFN/c1-10-6-11(2)14(12(3)7-10)9-19-16-5-4-13(18)8-15(16)17/h4-8,19H,9H2,1-3H3. The Morgan fingerprint density at radius 2 is 1.68 bits per heavy atom. The van der Waals surface area contributed by atoms with E-state index in [1.807, 2.05) is 0 Å². The predicted octanol–water partition coefficient (Wildman–Crippen LogP) is 5.02. The minimum atomic E-state index is -0.321. The molecule has 0 unspecified atom stereocenters. The Kier molecular flexibility index (Phi) is 4.11. The van der Waals surface area contributed by atoms with Crippen molar-refractivity contribution in [2.24, 2.45) is 0 Å². The molecule has 0 saturated heterocycles. The number of anilines is 1. The third kappa shape index (κ3) is 3.27. The number of aryl methyl sites for hydroxylation is 3. The number of halogens is 2. The van der Waals surface area contributed by atoms with Crippen molar-refractivity contribution in [2.75, 3.05) is 5.32 Å². The van der Waals surface area contributed by atoms with E-state index < -0.39 is 0 Å². The maximum atomic E-state index is 13.0. The zero-order valence-corrected chi connectivity index (χ0v) is 12.1. The van der Waals surface area contributed by atoms with Crippen LogP contribution in [0.1, 0.15) is 22.3 Å². The van der Waals surface area contributed by atoms with Crippen molar-refractivity contribution in [1.82, 2.24) is 0 Å². The van der Waals surface area contributed by atoms with Crippen LogP contribution >= 0.6 is 11.6 Å². The summed E-state index contributed by atoms with van der Waals surface area (Å²) in [7, 11) is 0. The molecule has 0 atom stereocenters. The van der Waals surface area contributed by atoms with Gasteiger partial charge < -0.3 is 5.32 Å². The second-order valence-corrected chi connectivity index (χ2v) is 5.26. The number of rotatable bonds is 3. The van der Waals surface area contributed by atoms with Crippen molar-refractivity contribution < 1.29 is 4.39 Å². The Labute approximate surface area is 118 Å². The van der Waals surface area contributed by atoms with Gasteiger partial charge in [-0.25, -0.2) is 4.39 Å². The SMILES string of the molecule is Cc1cc(C)c(CNc2ccc(F)cc2Cl)c(C)c1. The van der Waals surface area contributed by atoms with E-state index in [4.69, 9.17) is 11.6 Å². The maximum absolute atomic E-state index is 13.0. The van der Waals surface area contributed by atoms with Crippen LogP contribution in [0.5, 0.6) is 0 Å². The van der Waals surface area contributed by atoms with Crippen LogP contribution < -0.4 is 5.32 Å². The Hall–Kier alpha value is -1.54. The van der Waals surface area contributed by atoms with Gasteiger partial charge in [-0.05, 0) is 55.7 Å². The fraction of sp³-hybridized carbons (Fsp3) is 0.250. The molecule has 0 aliphatic carbocycles. The third-order valence-corrected chi connectivity index (χ3v) is 3.54. The average molecular weight is 278 g/mol. The summed E-state index contributed by atoms with van der Waals surface area (Å²) in [5.74, 6) is -0.321. The first-order valence-corrected chi connectivity index (χ1v) is 6.61. The Balaban J connectivity index is 2.19. The van der Waals surface area contributed by atoms with E-state index in [1.165, 1.54) is 34.4 Å². The van der Waals surface area contributed by atoms with Crippen molar-refractivity contribution >= 4 is 17.3 Å². The minimum Gasteiger partial charge on any atom is -0.380 e. The van der Waals surface area contributed by atoms with Gasteiger partial charge in [-0.1, -0.05) is 29.3 Å². The van der Waals surface area contributed by atoms with Crippen LogP contribution in [0.25, 0.3) is 0 Å². The highest BCUT2D eigenvalue weighted by Crippen LogP contribution is 2.24. The quantitative estimate of drug-likeness (QED) is 0.831. The first-order chi connectivity index (χ1) is 8.97. The van der Waals surface area contributed by atoms with E-state index >= 15 is 0 Å². The van der Waals surface area contributed by atoms with E-state index in [2.05, 4.69) is 38.2 Å². The summed E-state index contributed by atoms with van der Waals surface area (Å²) in [6.45, 7) is 6.98. The van der Waals surface area contributed by atoms with Gasteiger partial charge in [-0.3, -0.25) is 0 Å². The van der Waals surface area contributed by atoms with Crippen LogP contribution in [-0.2, 0) is 6.54 Å². The van der Waals surface area contributed by atoms with E-state index in [-0.39, 0.29) is 5.82 Å². The zero-order valence-electron chi connectivity index (χ0n) is 11.3. The lowest BCUT2D eigenvalue weighted by molar-refractivity contribution is 0.628. The van der Waals surface area contributed by atoms with Gasteiger partial charge in [0.2, 0.25) is 0 Å². The second-order valence-electron chi connectivity index (χ2n) is 4.85. The van der Waals surface area contributed by atoms with E-state index in [0.717, 1.165) is 5.69 Å². The minimum absolute atomic E-state index is 0.321. The first-order valence-electron chi connectivity index (χ1n) is 6.23. The van der Waals surface area contributed by atoms with Gasteiger partial charge >= 0.3 is 0 Å². The summed E-state index contributed by atoms with van der Waals surface area (Å²) in [6, 6.07) is 8.71. The molecule has 0 amide bonds. The van der Waals surface area contributed by atoms with Crippen molar-refractivity contribution in [3.63, 3.8) is 0 Å². The normalized spacial score (nSPS) is 10.6. The van der Waals surface area contributed by atoms with E-state index in [0.29, 0.717) is 11.6 Å². The predicted molar refractivity (Wildman–Crippen MR) is 79.4 cm³/mol. The Morgan fingerprint density at radius 1 is 1.05 bits per heavy atom. The highest BCUT2D eigenvalue weighted by Gasteiger charge is 2.06. The highest BCUT2D eigenvalue weighted by atomic mass is 35.5. The second kappa shape index (κ2) is 5.62. The number of nitrogens with one attached hydrogen (secondary N) is 1. The lowest BCUT2D eigenvalue weighted by Crippen LogP contribution is -2.04. The molecule has 0 radical (unpaired) electrons. The van der Waals surface area contributed by atoms with Gasteiger partial charge in [-0.2, -0.15) is 0 Å². The fourth-order valence-corrected chi connectivity index (χ4v) is 2.54. The average Bonchev–Trinajstić information content (AvgIpc) is 2.30. The summed E-state index contributed by atoms with van der Waals surface area (Å²) >= 11 is 6.00. The van der Waals surface area contributed by atoms with E-state index in [9.17, 15) is 4.39 Å². The number of hydrogen-bond acceptors (Lipinski definition) is 1. The van der Waals surface area contributed by atoms with Gasteiger partial charge in [0.05, 0.1) is 10.7 Å². The summed E-state index contributed by atoms with van der Waals surface area (Å²) in [6.07, 6.45) is 0. The molecule has 2 aromatic rings. The van der Waals surface area contributed by atoms with Crippen LogP contribution in [0, 0.1) is 26.6 Å². The lowest BCUT2D eigenvalue weighted by Gasteiger charge is -2.14. The maximum Gasteiger partial charge on any atom is 0.124 e. The molecule has 2 rings (SSSR count). The molecule has 19 heavy (non-hydrogen) atoms. The Morgan fingerprint density at radius 3 is 2.26 bits per heavy atom. The van der Waals surface area contributed by atoms with Crippen molar-refractivity contribution in [3.8, 4) is 0 Å². The molecule has 0 aliphatic heterocycles. The smallest absolute Gasteiger partial charge is 0.124 e. The lowest BCUT2D eigenvalue weighted by atomic mass is 10.00. The molecule has 3 heteroatoms. The summed E-state index contributed by atoms with van der Waals surface area (Å²) < 4.78 is 13.0. The summed E-state index contributed by atoms with van der Waals surface area (Å²) in [5, 5.41) is 3.66. The van der Waals surface area contributed by atoms with Gasteiger partial charge in [0.1, 0.15) is 5.82 Å². The molecule has 0 aromatic heterocycles. The van der Waals surface area contributed by atoms with E-state index in [1.54, 1.807) is 6.07 Å². The van der Waals surface area contributed by atoms with Crippen LogP contribution in [-0.4, -0.2) is 0 Å². The monoisotopic (exact) mass is 277 g/mol. The number of benzene rings is 2. The first kappa shape index (κ1) is 13.9. The molecule has 0 spiro atoms. The molecule has 2 aromatic carbocycles. The molecule has 1 N–H and O–H groups in total. The highest BCUT2D eigenvalue weighted by molar-refractivity contribution is 6.33. The van der Waals surface area contributed by atoms with Gasteiger partial charge in [0.15, 0.2) is 0 Å². The van der Waals surface area contributed by atoms with Crippen molar-refractivity contribution in [1.29, 1.82) is 0 Å². The molecule has 0 aliphatic rings. The Bertz CT molecular complexity index is 585. The topological polar surface area (TPSA) is 12.0 Å². The van der Waals surface area contributed by atoms with Gasteiger partial charge in [0.25, 0.3) is 0 Å². The largest absolute Gasteiger partial charge is 0.380 e.